The minimum Gasteiger partial charge on any atom is -0.397 e. The second-order valence-electron chi connectivity index (χ2n) is 3.06. The standard InChI is InChI=1S/C10H15ClN2OS/c1-2-15(14)7-6-13-10-8(11)4-3-5-9(10)12/h3-5,13H,2,6-7,12H2,1H3. The number of nitrogens with two attached hydrogens (primary N) is 1. The Hall–Kier alpha value is -0.740. The number of para-hydroxylation sites is 1. The van der Waals surface area contributed by atoms with Crippen molar-refractivity contribution in [3.63, 3.8) is 0 Å². The molecule has 0 amide bonds. The lowest BCUT2D eigenvalue weighted by Gasteiger charge is -2.10. The normalized spacial score (nSPS) is 12.4. The van der Waals surface area contributed by atoms with Crippen molar-refractivity contribution in [3.8, 4) is 0 Å². The highest BCUT2D eigenvalue weighted by Gasteiger charge is 2.03. The van der Waals surface area contributed by atoms with E-state index in [1.165, 1.54) is 0 Å². The molecule has 1 rings (SSSR count). The van der Waals surface area contributed by atoms with Crippen LogP contribution >= 0.6 is 11.6 Å². The third-order valence-corrected chi connectivity index (χ3v) is 3.62. The largest absolute Gasteiger partial charge is 0.397 e. The first-order valence-corrected chi connectivity index (χ1v) is 6.64. The van der Waals surface area contributed by atoms with E-state index in [4.69, 9.17) is 17.3 Å². The van der Waals surface area contributed by atoms with Crippen molar-refractivity contribution in [3.05, 3.63) is 23.2 Å². The predicted molar refractivity (Wildman–Crippen MR) is 67.9 cm³/mol. The van der Waals surface area contributed by atoms with Gasteiger partial charge in [0.25, 0.3) is 0 Å². The van der Waals surface area contributed by atoms with Gasteiger partial charge in [0, 0.05) is 28.9 Å². The molecule has 0 aliphatic heterocycles. The van der Waals surface area contributed by atoms with Crippen LogP contribution in [-0.2, 0) is 10.8 Å². The van der Waals surface area contributed by atoms with Crippen LogP contribution in [0.2, 0.25) is 5.02 Å². The molecule has 15 heavy (non-hydrogen) atoms. The fourth-order valence-electron chi connectivity index (χ4n) is 1.16. The molecule has 1 aromatic carbocycles. The Kier molecular flexibility index (Phi) is 4.91. The van der Waals surface area contributed by atoms with Crippen molar-refractivity contribution in [1.29, 1.82) is 0 Å². The minimum atomic E-state index is -0.760. The number of rotatable bonds is 5. The average molecular weight is 247 g/mol. The molecular formula is C10H15ClN2OS. The Bertz CT molecular complexity index is 337. The summed E-state index contributed by atoms with van der Waals surface area (Å²) in [5.41, 5.74) is 7.09. The number of hydrogen-bond acceptors (Lipinski definition) is 3. The first-order chi connectivity index (χ1) is 7.15. The Labute approximate surface area is 97.5 Å². The van der Waals surface area contributed by atoms with Gasteiger partial charge in [-0.1, -0.05) is 24.6 Å². The molecule has 0 aliphatic carbocycles. The zero-order valence-electron chi connectivity index (χ0n) is 8.63. The summed E-state index contributed by atoms with van der Waals surface area (Å²) in [5.74, 6) is 1.29. The van der Waals surface area contributed by atoms with Crippen LogP contribution in [0.4, 0.5) is 11.4 Å². The molecule has 0 spiro atoms. The number of anilines is 2. The van der Waals surface area contributed by atoms with E-state index in [1.807, 2.05) is 6.92 Å². The van der Waals surface area contributed by atoms with Gasteiger partial charge in [-0.05, 0) is 12.1 Å². The van der Waals surface area contributed by atoms with Gasteiger partial charge in [0.2, 0.25) is 0 Å². The van der Waals surface area contributed by atoms with E-state index >= 15 is 0 Å². The Balaban J connectivity index is 2.54. The molecule has 0 aromatic heterocycles. The van der Waals surface area contributed by atoms with Gasteiger partial charge < -0.3 is 11.1 Å². The fourth-order valence-corrected chi connectivity index (χ4v) is 2.03. The number of benzene rings is 1. The summed E-state index contributed by atoms with van der Waals surface area (Å²) in [6, 6.07) is 5.36. The van der Waals surface area contributed by atoms with E-state index in [0.717, 1.165) is 5.69 Å². The Morgan fingerprint density at radius 1 is 1.53 bits per heavy atom. The van der Waals surface area contributed by atoms with Crippen LogP contribution in [0.3, 0.4) is 0 Å². The van der Waals surface area contributed by atoms with Crippen LogP contribution in [0.25, 0.3) is 0 Å². The maximum Gasteiger partial charge on any atom is 0.0763 e. The second kappa shape index (κ2) is 5.98. The number of halogens is 1. The topological polar surface area (TPSA) is 55.1 Å². The summed E-state index contributed by atoms with van der Waals surface area (Å²) in [6.07, 6.45) is 0. The molecule has 0 fully saturated rings. The molecule has 0 saturated carbocycles. The van der Waals surface area contributed by atoms with E-state index in [1.54, 1.807) is 18.2 Å². The quantitative estimate of drug-likeness (QED) is 0.783. The van der Waals surface area contributed by atoms with Gasteiger partial charge in [0.05, 0.1) is 16.4 Å². The molecule has 84 valence electrons. The molecule has 1 unspecified atom stereocenters. The van der Waals surface area contributed by atoms with Crippen molar-refractivity contribution in [2.75, 3.05) is 29.1 Å². The van der Waals surface area contributed by atoms with Crippen molar-refractivity contribution < 1.29 is 4.21 Å². The van der Waals surface area contributed by atoms with Gasteiger partial charge in [0.1, 0.15) is 0 Å². The molecule has 0 heterocycles. The van der Waals surface area contributed by atoms with Crippen LogP contribution in [0, 0.1) is 0 Å². The summed E-state index contributed by atoms with van der Waals surface area (Å²) in [5, 5.41) is 3.69. The fraction of sp³-hybridized carbons (Fsp3) is 0.400. The third kappa shape index (κ3) is 3.72. The molecule has 1 aromatic rings. The van der Waals surface area contributed by atoms with Crippen LogP contribution < -0.4 is 11.1 Å². The molecule has 3 nitrogen and oxygen atoms in total. The van der Waals surface area contributed by atoms with Gasteiger partial charge in [-0.15, -0.1) is 0 Å². The van der Waals surface area contributed by atoms with Gasteiger partial charge in [-0.25, -0.2) is 0 Å². The smallest absolute Gasteiger partial charge is 0.0763 e. The lowest BCUT2D eigenvalue weighted by Crippen LogP contribution is -2.13. The Morgan fingerprint density at radius 2 is 2.27 bits per heavy atom. The number of nitrogens with one attached hydrogen (secondary N) is 1. The maximum atomic E-state index is 11.2. The number of hydrogen-bond donors (Lipinski definition) is 2. The average Bonchev–Trinajstić information content (AvgIpc) is 2.22. The van der Waals surface area contributed by atoms with E-state index < -0.39 is 10.8 Å². The van der Waals surface area contributed by atoms with E-state index in [-0.39, 0.29) is 0 Å². The maximum absolute atomic E-state index is 11.2. The van der Waals surface area contributed by atoms with Gasteiger partial charge in [0.15, 0.2) is 0 Å². The minimum absolute atomic E-state index is 0.595. The Morgan fingerprint density at radius 3 is 2.87 bits per heavy atom. The first-order valence-electron chi connectivity index (χ1n) is 4.78. The van der Waals surface area contributed by atoms with Gasteiger partial charge >= 0.3 is 0 Å². The summed E-state index contributed by atoms with van der Waals surface area (Å²) < 4.78 is 11.2. The van der Waals surface area contributed by atoms with Crippen molar-refractivity contribution in [2.24, 2.45) is 0 Å². The lowest BCUT2D eigenvalue weighted by atomic mass is 10.2. The van der Waals surface area contributed by atoms with E-state index in [9.17, 15) is 4.21 Å². The summed E-state index contributed by atoms with van der Waals surface area (Å²) in [6.45, 7) is 2.52. The number of nitrogen functional groups attached to an aromatic ring is 1. The summed E-state index contributed by atoms with van der Waals surface area (Å²) in [4.78, 5) is 0. The SMILES string of the molecule is CCS(=O)CCNc1c(N)cccc1Cl. The van der Waals surface area contributed by atoms with Crippen LogP contribution in [0.5, 0.6) is 0 Å². The van der Waals surface area contributed by atoms with Crippen LogP contribution in [0.1, 0.15) is 6.92 Å². The molecule has 0 radical (unpaired) electrons. The summed E-state index contributed by atoms with van der Waals surface area (Å²) in [7, 11) is -0.760. The van der Waals surface area contributed by atoms with Crippen molar-refractivity contribution in [1.82, 2.24) is 0 Å². The highest BCUT2D eigenvalue weighted by atomic mass is 35.5. The van der Waals surface area contributed by atoms with Crippen molar-refractivity contribution in [2.45, 2.75) is 6.92 Å². The lowest BCUT2D eigenvalue weighted by molar-refractivity contribution is 0.684. The first kappa shape index (κ1) is 12.3. The van der Waals surface area contributed by atoms with Crippen molar-refractivity contribution >= 4 is 33.8 Å². The molecule has 5 heteroatoms. The predicted octanol–water partition coefficient (Wildman–Crippen LogP) is 2.10. The molecule has 1 atom stereocenters. The van der Waals surface area contributed by atoms with Crippen LogP contribution in [-0.4, -0.2) is 22.3 Å². The highest BCUT2D eigenvalue weighted by Crippen LogP contribution is 2.27. The molecular weight excluding hydrogens is 232 g/mol. The molecule has 3 N–H and O–H groups in total. The molecule has 0 bridgehead atoms. The summed E-state index contributed by atoms with van der Waals surface area (Å²) >= 11 is 5.96. The van der Waals surface area contributed by atoms with Gasteiger partial charge in [-0.2, -0.15) is 0 Å². The van der Waals surface area contributed by atoms with Gasteiger partial charge in [-0.3, -0.25) is 4.21 Å². The zero-order valence-corrected chi connectivity index (χ0v) is 10.2. The van der Waals surface area contributed by atoms with E-state index in [0.29, 0.717) is 28.8 Å². The molecule has 0 saturated heterocycles. The second-order valence-corrected chi connectivity index (χ2v) is 5.34. The highest BCUT2D eigenvalue weighted by molar-refractivity contribution is 7.84. The van der Waals surface area contributed by atoms with E-state index in [2.05, 4.69) is 5.32 Å². The van der Waals surface area contributed by atoms with Crippen LogP contribution in [0.15, 0.2) is 18.2 Å². The molecule has 0 aliphatic rings. The monoisotopic (exact) mass is 246 g/mol. The third-order valence-electron chi connectivity index (χ3n) is 2.00. The zero-order chi connectivity index (χ0) is 11.3.